The van der Waals surface area contributed by atoms with Crippen molar-refractivity contribution in [1.82, 2.24) is 5.32 Å². The highest BCUT2D eigenvalue weighted by molar-refractivity contribution is 7.85. The molecule has 0 saturated carbocycles. The van der Waals surface area contributed by atoms with Crippen molar-refractivity contribution in [1.29, 1.82) is 0 Å². The fourth-order valence-corrected chi connectivity index (χ4v) is 4.07. The van der Waals surface area contributed by atoms with Crippen LogP contribution in [-0.2, 0) is 10.8 Å². The molecule has 1 aliphatic heterocycles. The van der Waals surface area contributed by atoms with Gasteiger partial charge in [-0.1, -0.05) is 13.3 Å². The van der Waals surface area contributed by atoms with Crippen molar-refractivity contribution in [3.05, 3.63) is 29.8 Å². The zero-order valence-corrected chi connectivity index (χ0v) is 13.5. The zero-order valence-electron chi connectivity index (χ0n) is 12.7. The Morgan fingerprint density at radius 2 is 2.10 bits per heavy atom. The SMILES string of the molecule is CCCCOc1ccc(C(=O)NC2(C)CCS(=O)C2)cc1. The van der Waals surface area contributed by atoms with Crippen LogP contribution in [0.4, 0.5) is 0 Å². The summed E-state index contributed by atoms with van der Waals surface area (Å²) in [5.41, 5.74) is 0.259. The van der Waals surface area contributed by atoms with Crippen molar-refractivity contribution >= 4 is 16.7 Å². The molecule has 21 heavy (non-hydrogen) atoms. The number of unbranched alkanes of at least 4 members (excludes halogenated alkanes) is 1. The zero-order chi connectivity index (χ0) is 15.3. The van der Waals surface area contributed by atoms with Crippen LogP contribution in [0, 0.1) is 0 Å². The number of carbonyl (C=O) groups is 1. The van der Waals surface area contributed by atoms with E-state index >= 15 is 0 Å². The molecule has 1 fully saturated rings. The average molecular weight is 309 g/mol. The van der Waals surface area contributed by atoms with Gasteiger partial charge in [0.2, 0.25) is 0 Å². The molecule has 1 saturated heterocycles. The number of nitrogens with one attached hydrogen (secondary N) is 1. The van der Waals surface area contributed by atoms with Gasteiger partial charge in [-0.3, -0.25) is 9.00 Å². The van der Waals surface area contributed by atoms with E-state index < -0.39 is 10.8 Å². The number of benzene rings is 1. The Morgan fingerprint density at radius 3 is 2.67 bits per heavy atom. The van der Waals surface area contributed by atoms with Crippen LogP contribution >= 0.6 is 0 Å². The van der Waals surface area contributed by atoms with Crippen molar-refractivity contribution < 1.29 is 13.7 Å². The lowest BCUT2D eigenvalue weighted by molar-refractivity contribution is 0.0915. The number of ether oxygens (including phenoxy) is 1. The molecule has 2 rings (SSSR count). The van der Waals surface area contributed by atoms with E-state index in [0.717, 1.165) is 25.0 Å². The summed E-state index contributed by atoms with van der Waals surface area (Å²) >= 11 is 0. The van der Waals surface area contributed by atoms with Crippen molar-refractivity contribution in [2.24, 2.45) is 0 Å². The van der Waals surface area contributed by atoms with E-state index in [1.807, 2.05) is 19.1 Å². The lowest BCUT2D eigenvalue weighted by atomic mass is 10.0. The largest absolute Gasteiger partial charge is 0.494 e. The molecule has 0 radical (unpaired) electrons. The smallest absolute Gasteiger partial charge is 0.251 e. The van der Waals surface area contributed by atoms with Gasteiger partial charge in [-0.2, -0.15) is 0 Å². The van der Waals surface area contributed by atoms with Crippen LogP contribution in [0.15, 0.2) is 24.3 Å². The van der Waals surface area contributed by atoms with Gasteiger partial charge in [0.15, 0.2) is 0 Å². The number of amides is 1. The first-order valence-corrected chi connectivity index (χ1v) is 8.91. The summed E-state index contributed by atoms with van der Waals surface area (Å²) in [4.78, 5) is 12.2. The number of hydrogen-bond donors (Lipinski definition) is 1. The van der Waals surface area contributed by atoms with Gasteiger partial charge in [0, 0.05) is 33.4 Å². The van der Waals surface area contributed by atoms with Gasteiger partial charge < -0.3 is 10.1 Å². The molecular formula is C16H23NO3S. The summed E-state index contributed by atoms with van der Waals surface area (Å²) in [7, 11) is -0.808. The number of rotatable bonds is 6. The molecule has 1 N–H and O–H groups in total. The van der Waals surface area contributed by atoms with Crippen molar-refractivity contribution in [3.8, 4) is 5.75 Å². The maximum Gasteiger partial charge on any atom is 0.251 e. The van der Waals surface area contributed by atoms with Gasteiger partial charge in [-0.15, -0.1) is 0 Å². The van der Waals surface area contributed by atoms with Gasteiger partial charge in [0.25, 0.3) is 5.91 Å². The fraction of sp³-hybridized carbons (Fsp3) is 0.562. The Balaban J connectivity index is 1.92. The first-order chi connectivity index (χ1) is 10.0. The van der Waals surface area contributed by atoms with Crippen LogP contribution in [0.3, 0.4) is 0 Å². The normalized spacial score (nSPS) is 24.8. The average Bonchev–Trinajstić information content (AvgIpc) is 2.79. The highest BCUT2D eigenvalue weighted by Gasteiger charge is 2.34. The topological polar surface area (TPSA) is 55.4 Å². The fourth-order valence-electron chi connectivity index (χ4n) is 2.32. The second-order valence-corrected chi connectivity index (χ2v) is 7.36. The van der Waals surface area contributed by atoms with E-state index in [1.54, 1.807) is 12.1 Å². The van der Waals surface area contributed by atoms with E-state index in [-0.39, 0.29) is 11.4 Å². The Labute approximate surface area is 128 Å². The van der Waals surface area contributed by atoms with Crippen LogP contribution in [0.2, 0.25) is 0 Å². The van der Waals surface area contributed by atoms with Crippen LogP contribution in [0.1, 0.15) is 43.5 Å². The lowest BCUT2D eigenvalue weighted by Gasteiger charge is -2.24. The van der Waals surface area contributed by atoms with Crippen LogP contribution in [0.5, 0.6) is 5.75 Å². The number of hydrogen-bond acceptors (Lipinski definition) is 3. The van der Waals surface area contributed by atoms with Crippen molar-refractivity contribution in [2.75, 3.05) is 18.1 Å². The Kier molecular flexibility index (Phi) is 5.39. The molecule has 2 unspecified atom stereocenters. The van der Waals surface area contributed by atoms with Crippen LogP contribution < -0.4 is 10.1 Å². The highest BCUT2D eigenvalue weighted by Crippen LogP contribution is 2.21. The molecule has 1 amide bonds. The molecule has 0 spiro atoms. The summed E-state index contributed by atoms with van der Waals surface area (Å²) in [5.74, 6) is 1.88. The molecule has 1 aromatic carbocycles. The standard InChI is InChI=1S/C16H23NO3S/c1-3-4-10-20-14-7-5-13(6-8-14)15(18)17-16(2)9-11-21(19)12-16/h5-8H,3-4,9-12H2,1-2H3,(H,17,18). The minimum atomic E-state index is -0.808. The molecule has 1 aliphatic rings. The van der Waals surface area contributed by atoms with E-state index in [4.69, 9.17) is 4.74 Å². The van der Waals surface area contributed by atoms with Gasteiger partial charge in [-0.05, 0) is 44.0 Å². The predicted molar refractivity (Wildman–Crippen MR) is 85.2 cm³/mol. The molecule has 0 aromatic heterocycles. The molecule has 1 aromatic rings. The first-order valence-electron chi connectivity index (χ1n) is 7.43. The summed E-state index contributed by atoms with van der Waals surface area (Å²) < 4.78 is 17.1. The third kappa shape index (κ3) is 4.56. The van der Waals surface area contributed by atoms with Gasteiger partial charge in [-0.25, -0.2) is 0 Å². The van der Waals surface area contributed by atoms with E-state index in [1.165, 1.54) is 0 Å². The summed E-state index contributed by atoms with van der Waals surface area (Å²) in [6, 6.07) is 7.18. The predicted octanol–water partition coefficient (Wildman–Crippen LogP) is 2.51. The van der Waals surface area contributed by atoms with Crippen LogP contribution in [0.25, 0.3) is 0 Å². The maximum absolute atomic E-state index is 12.2. The quantitative estimate of drug-likeness (QED) is 0.822. The first kappa shape index (κ1) is 16.0. The van der Waals surface area contributed by atoms with Gasteiger partial charge >= 0.3 is 0 Å². The monoisotopic (exact) mass is 309 g/mol. The van der Waals surface area contributed by atoms with Gasteiger partial charge in [0.1, 0.15) is 5.75 Å². The Bertz CT molecular complexity index is 515. The van der Waals surface area contributed by atoms with E-state index in [2.05, 4.69) is 12.2 Å². The molecule has 116 valence electrons. The summed E-state index contributed by atoms with van der Waals surface area (Å²) in [5, 5.41) is 3.00. The second-order valence-electron chi connectivity index (χ2n) is 5.78. The molecule has 1 heterocycles. The second kappa shape index (κ2) is 7.07. The minimum absolute atomic E-state index is 0.114. The molecular weight excluding hydrogens is 286 g/mol. The van der Waals surface area contributed by atoms with E-state index in [0.29, 0.717) is 23.7 Å². The minimum Gasteiger partial charge on any atom is -0.494 e. The molecule has 5 heteroatoms. The van der Waals surface area contributed by atoms with Crippen LogP contribution in [-0.4, -0.2) is 33.8 Å². The lowest BCUT2D eigenvalue weighted by Crippen LogP contribution is -2.46. The Morgan fingerprint density at radius 1 is 1.38 bits per heavy atom. The Hall–Kier alpha value is -1.36. The summed E-state index contributed by atoms with van der Waals surface area (Å²) in [6.07, 6.45) is 2.89. The number of carbonyl (C=O) groups excluding carboxylic acids is 1. The molecule has 0 aliphatic carbocycles. The van der Waals surface area contributed by atoms with Crippen molar-refractivity contribution in [2.45, 2.75) is 38.6 Å². The highest BCUT2D eigenvalue weighted by atomic mass is 32.2. The third-order valence-corrected chi connectivity index (χ3v) is 5.28. The molecule has 4 nitrogen and oxygen atoms in total. The molecule has 0 bridgehead atoms. The maximum atomic E-state index is 12.2. The molecule has 2 atom stereocenters. The van der Waals surface area contributed by atoms with E-state index in [9.17, 15) is 9.00 Å². The summed E-state index contributed by atoms with van der Waals surface area (Å²) in [6.45, 7) is 4.78. The third-order valence-electron chi connectivity index (χ3n) is 3.66. The van der Waals surface area contributed by atoms with Crippen molar-refractivity contribution in [3.63, 3.8) is 0 Å². The van der Waals surface area contributed by atoms with Gasteiger partial charge in [0.05, 0.1) is 6.61 Å².